The summed E-state index contributed by atoms with van der Waals surface area (Å²) in [5.74, 6) is 0. The topological polar surface area (TPSA) is 12.9 Å². The predicted octanol–water partition coefficient (Wildman–Crippen LogP) is 3.82. The van der Waals surface area contributed by atoms with Gasteiger partial charge in [-0.2, -0.15) is 0 Å². The molecule has 1 heterocycles. The summed E-state index contributed by atoms with van der Waals surface area (Å²) in [7, 11) is 0. The minimum Gasteiger partial charge on any atom is -0.264 e. The van der Waals surface area contributed by atoms with Crippen molar-refractivity contribution >= 4 is 15.9 Å². The minimum atomic E-state index is 1.10. The number of pyridine rings is 1. The first-order chi connectivity index (χ1) is 6.75. The molecule has 0 N–H and O–H groups in total. The third-order valence-electron chi connectivity index (χ3n) is 2.05. The van der Waals surface area contributed by atoms with E-state index in [2.05, 4.69) is 46.0 Å². The Kier molecular flexibility index (Phi) is 2.64. The molecule has 14 heavy (non-hydrogen) atoms. The molecule has 0 aliphatic rings. The van der Waals surface area contributed by atoms with Crippen LogP contribution in [-0.2, 0) is 0 Å². The van der Waals surface area contributed by atoms with Gasteiger partial charge in [-0.25, -0.2) is 0 Å². The average Bonchev–Trinajstić information content (AvgIpc) is 2.19. The summed E-state index contributed by atoms with van der Waals surface area (Å²) in [6.45, 7) is 2.05. The first-order valence-electron chi connectivity index (χ1n) is 4.43. The molecule has 2 rings (SSSR count). The fourth-order valence-electron chi connectivity index (χ4n) is 1.36. The van der Waals surface area contributed by atoms with Gasteiger partial charge in [0, 0.05) is 22.4 Å². The number of aryl methyl sites for hydroxylation is 1. The van der Waals surface area contributed by atoms with Crippen LogP contribution in [0.2, 0.25) is 0 Å². The van der Waals surface area contributed by atoms with Crippen molar-refractivity contribution in [1.29, 1.82) is 0 Å². The molecule has 2 heteroatoms. The van der Waals surface area contributed by atoms with Gasteiger partial charge in [0.15, 0.2) is 0 Å². The molecule has 0 bridgehead atoms. The zero-order valence-electron chi connectivity index (χ0n) is 7.87. The van der Waals surface area contributed by atoms with Crippen molar-refractivity contribution in [2.45, 2.75) is 6.92 Å². The molecular weight excluding hydrogens is 238 g/mol. The second kappa shape index (κ2) is 3.93. The fraction of sp³-hybridized carbons (Fsp3) is 0.0833. The molecule has 0 atom stereocenters. The molecule has 0 radical (unpaired) electrons. The number of rotatable bonds is 1. The second-order valence-electron chi connectivity index (χ2n) is 3.26. The van der Waals surface area contributed by atoms with E-state index in [1.165, 1.54) is 11.1 Å². The lowest BCUT2D eigenvalue weighted by Gasteiger charge is -2.01. The SMILES string of the molecule is Cc1cncc(-c2ccc(Br)cc2)c1. The van der Waals surface area contributed by atoms with E-state index in [1.54, 1.807) is 0 Å². The van der Waals surface area contributed by atoms with Crippen LogP contribution < -0.4 is 0 Å². The maximum Gasteiger partial charge on any atom is 0.0346 e. The maximum absolute atomic E-state index is 4.17. The lowest BCUT2D eigenvalue weighted by atomic mass is 10.1. The third kappa shape index (κ3) is 2.02. The maximum atomic E-state index is 4.17. The lowest BCUT2D eigenvalue weighted by Crippen LogP contribution is -1.81. The van der Waals surface area contributed by atoms with Gasteiger partial charge >= 0.3 is 0 Å². The van der Waals surface area contributed by atoms with Gasteiger partial charge in [-0.15, -0.1) is 0 Å². The largest absolute Gasteiger partial charge is 0.264 e. The Morgan fingerprint density at radius 2 is 1.71 bits per heavy atom. The van der Waals surface area contributed by atoms with Gasteiger partial charge in [0.2, 0.25) is 0 Å². The van der Waals surface area contributed by atoms with Crippen LogP contribution in [0.25, 0.3) is 11.1 Å². The standard InChI is InChI=1S/C12H10BrN/c1-9-6-11(8-14-7-9)10-2-4-12(13)5-3-10/h2-8H,1H3. The van der Waals surface area contributed by atoms with Crippen LogP contribution in [-0.4, -0.2) is 4.98 Å². The van der Waals surface area contributed by atoms with E-state index in [-0.39, 0.29) is 0 Å². The third-order valence-corrected chi connectivity index (χ3v) is 2.58. The van der Waals surface area contributed by atoms with Crippen molar-refractivity contribution in [2.24, 2.45) is 0 Å². The Labute approximate surface area is 91.9 Å². The van der Waals surface area contributed by atoms with Crippen molar-refractivity contribution in [3.8, 4) is 11.1 Å². The van der Waals surface area contributed by atoms with Gasteiger partial charge in [-0.1, -0.05) is 28.1 Å². The Bertz CT molecular complexity index is 434. The van der Waals surface area contributed by atoms with Crippen LogP contribution in [0.4, 0.5) is 0 Å². The molecule has 1 aromatic carbocycles. The molecule has 70 valence electrons. The number of hydrogen-bond acceptors (Lipinski definition) is 1. The monoisotopic (exact) mass is 247 g/mol. The first-order valence-corrected chi connectivity index (χ1v) is 5.22. The van der Waals surface area contributed by atoms with Crippen molar-refractivity contribution in [1.82, 2.24) is 4.98 Å². The summed E-state index contributed by atoms with van der Waals surface area (Å²) in [5, 5.41) is 0. The lowest BCUT2D eigenvalue weighted by molar-refractivity contribution is 1.27. The van der Waals surface area contributed by atoms with E-state index in [9.17, 15) is 0 Å². The summed E-state index contributed by atoms with van der Waals surface area (Å²) in [6.07, 6.45) is 3.75. The van der Waals surface area contributed by atoms with Crippen molar-refractivity contribution < 1.29 is 0 Å². The van der Waals surface area contributed by atoms with Crippen molar-refractivity contribution in [3.05, 3.63) is 52.8 Å². The van der Waals surface area contributed by atoms with Gasteiger partial charge in [-0.05, 0) is 36.2 Å². The molecule has 0 spiro atoms. The molecule has 0 aliphatic heterocycles. The molecule has 0 unspecified atom stereocenters. The number of benzene rings is 1. The quantitative estimate of drug-likeness (QED) is 0.747. The van der Waals surface area contributed by atoms with Crippen LogP contribution in [0.5, 0.6) is 0 Å². The van der Waals surface area contributed by atoms with Crippen LogP contribution >= 0.6 is 15.9 Å². The highest BCUT2D eigenvalue weighted by Gasteiger charge is 1.97. The van der Waals surface area contributed by atoms with E-state index in [1.807, 2.05) is 24.5 Å². The Morgan fingerprint density at radius 3 is 2.36 bits per heavy atom. The van der Waals surface area contributed by atoms with E-state index >= 15 is 0 Å². The Balaban J connectivity index is 2.44. The van der Waals surface area contributed by atoms with Crippen molar-refractivity contribution in [3.63, 3.8) is 0 Å². The fourth-order valence-corrected chi connectivity index (χ4v) is 1.62. The summed E-state index contributed by atoms with van der Waals surface area (Å²) in [4.78, 5) is 4.17. The number of nitrogens with zero attached hydrogens (tertiary/aromatic N) is 1. The highest BCUT2D eigenvalue weighted by molar-refractivity contribution is 9.10. The van der Waals surface area contributed by atoms with Gasteiger partial charge < -0.3 is 0 Å². The summed E-state index contributed by atoms with van der Waals surface area (Å²) >= 11 is 3.42. The molecule has 0 aliphatic carbocycles. The molecular formula is C12H10BrN. The first kappa shape index (κ1) is 9.41. The van der Waals surface area contributed by atoms with Gasteiger partial charge in [0.1, 0.15) is 0 Å². The Hall–Kier alpha value is -1.15. The van der Waals surface area contributed by atoms with Crippen LogP contribution in [0.15, 0.2) is 47.2 Å². The average molecular weight is 248 g/mol. The van der Waals surface area contributed by atoms with E-state index < -0.39 is 0 Å². The smallest absolute Gasteiger partial charge is 0.0346 e. The normalized spacial score (nSPS) is 10.1. The van der Waals surface area contributed by atoms with Crippen LogP contribution in [0, 0.1) is 6.92 Å². The minimum absolute atomic E-state index is 1.10. The molecule has 2 aromatic rings. The summed E-state index contributed by atoms with van der Waals surface area (Å²) in [6, 6.07) is 10.4. The van der Waals surface area contributed by atoms with E-state index in [0.717, 1.165) is 10.0 Å². The summed E-state index contributed by atoms with van der Waals surface area (Å²) in [5.41, 5.74) is 3.55. The predicted molar refractivity (Wildman–Crippen MR) is 62.1 cm³/mol. The molecule has 0 amide bonds. The second-order valence-corrected chi connectivity index (χ2v) is 4.17. The highest BCUT2D eigenvalue weighted by atomic mass is 79.9. The van der Waals surface area contributed by atoms with E-state index in [4.69, 9.17) is 0 Å². The molecule has 0 saturated carbocycles. The van der Waals surface area contributed by atoms with Crippen LogP contribution in [0.1, 0.15) is 5.56 Å². The number of halogens is 1. The highest BCUT2D eigenvalue weighted by Crippen LogP contribution is 2.21. The van der Waals surface area contributed by atoms with Gasteiger partial charge in [0.05, 0.1) is 0 Å². The van der Waals surface area contributed by atoms with Crippen molar-refractivity contribution in [2.75, 3.05) is 0 Å². The zero-order chi connectivity index (χ0) is 9.97. The van der Waals surface area contributed by atoms with E-state index in [0.29, 0.717) is 0 Å². The molecule has 0 fully saturated rings. The number of aromatic nitrogens is 1. The molecule has 1 aromatic heterocycles. The molecule has 1 nitrogen and oxygen atoms in total. The van der Waals surface area contributed by atoms with Crippen LogP contribution in [0.3, 0.4) is 0 Å². The van der Waals surface area contributed by atoms with Gasteiger partial charge in [-0.3, -0.25) is 4.98 Å². The molecule has 0 saturated heterocycles. The Morgan fingerprint density at radius 1 is 1.00 bits per heavy atom. The summed E-state index contributed by atoms with van der Waals surface area (Å²) < 4.78 is 1.10. The number of hydrogen-bond donors (Lipinski definition) is 0. The van der Waals surface area contributed by atoms with Gasteiger partial charge in [0.25, 0.3) is 0 Å². The zero-order valence-corrected chi connectivity index (χ0v) is 9.45.